The number of aliphatic carboxylic acids is 1. The molecule has 0 saturated heterocycles. The largest absolute Gasteiger partial charge is 0.482 e. The van der Waals surface area contributed by atoms with Crippen molar-refractivity contribution in [1.29, 1.82) is 0 Å². The van der Waals surface area contributed by atoms with Crippen molar-refractivity contribution in [2.45, 2.75) is 20.3 Å². The van der Waals surface area contributed by atoms with Crippen LogP contribution in [0.4, 0.5) is 5.69 Å². The second-order valence-electron chi connectivity index (χ2n) is 4.15. The molecule has 0 aliphatic rings. The van der Waals surface area contributed by atoms with Crippen LogP contribution in [0.1, 0.15) is 18.9 Å². The number of benzene rings is 1. The van der Waals surface area contributed by atoms with E-state index in [2.05, 4.69) is 5.32 Å². The van der Waals surface area contributed by atoms with E-state index in [1.807, 2.05) is 13.8 Å². The summed E-state index contributed by atoms with van der Waals surface area (Å²) in [6.07, 6.45) is 0.296. The average Bonchev–Trinajstić information content (AvgIpc) is 2.39. The van der Waals surface area contributed by atoms with Gasteiger partial charge >= 0.3 is 5.97 Å². The lowest BCUT2D eigenvalue weighted by Gasteiger charge is -2.10. The number of hydrogen-bond donors (Lipinski definition) is 2. The van der Waals surface area contributed by atoms with Gasteiger partial charge in [-0.3, -0.25) is 4.79 Å². The highest BCUT2D eigenvalue weighted by molar-refractivity contribution is 5.91. The first-order valence-electron chi connectivity index (χ1n) is 6.35. The summed E-state index contributed by atoms with van der Waals surface area (Å²) in [5, 5.41) is 11.3. The number of anilines is 1. The fourth-order valence-electron chi connectivity index (χ4n) is 1.53. The zero-order valence-electron chi connectivity index (χ0n) is 11.6. The molecule has 0 atom stereocenters. The van der Waals surface area contributed by atoms with Crippen molar-refractivity contribution in [3.63, 3.8) is 0 Å². The Kier molecular flexibility index (Phi) is 6.52. The van der Waals surface area contributed by atoms with Crippen molar-refractivity contribution in [2.24, 2.45) is 0 Å². The number of carbonyl (C=O) groups is 2. The first-order valence-corrected chi connectivity index (χ1v) is 6.35. The van der Waals surface area contributed by atoms with E-state index >= 15 is 0 Å². The van der Waals surface area contributed by atoms with Crippen LogP contribution in [-0.2, 0) is 14.3 Å². The highest BCUT2D eigenvalue weighted by atomic mass is 16.5. The van der Waals surface area contributed by atoms with Gasteiger partial charge < -0.3 is 19.9 Å². The van der Waals surface area contributed by atoms with Crippen molar-refractivity contribution in [3.05, 3.63) is 23.8 Å². The first kappa shape index (κ1) is 16.0. The molecule has 6 nitrogen and oxygen atoms in total. The van der Waals surface area contributed by atoms with E-state index < -0.39 is 5.97 Å². The smallest absolute Gasteiger partial charge is 0.341 e. The normalized spacial score (nSPS) is 10.1. The van der Waals surface area contributed by atoms with E-state index in [-0.39, 0.29) is 12.5 Å². The molecule has 0 spiro atoms. The maximum absolute atomic E-state index is 11.6. The summed E-state index contributed by atoms with van der Waals surface area (Å²) in [7, 11) is 0. The molecule has 1 aromatic carbocycles. The lowest BCUT2D eigenvalue weighted by Crippen LogP contribution is -2.15. The van der Waals surface area contributed by atoms with Crippen molar-refractivity contribution in [2.75, 3.05) is 25.1 Å². The van der Waals surface area contributed by atoms with Gasteiger partial charge in [0.15, 0.2) is 6.61 Å². The van der Waals surface area contributed by atoms with Crippen LogP contribution >= 0.6 is 0 Å². The Labute approximate surface area is 117 Å². The summed E-state index contributed by atoms with van der Waals surface area (Å²) in [6, 6.07) is 4.99. The van der Waals surface area contributed by atoms with E-state index in [1.165, 1.54) is 0 Å². The number of amides is 1. The molecule has 0 radical (unpaired) electrons. The summed E-state index contributed by atoms with van der Waals surface area (Å²) >= 11 is 0. The molecule has 0 aromatic heterocycles. The number of hydrogen-bond acceptors (Lipinski definition) is 4. The molecule has 110 valence electrons. The molecular weight excluding hydrogens is 262 g/mol. The minimum absolute atomic E-state index is 0.124. The number of carbonyl (C=O) groups excluding carboxylic acids is 1. The zero-order chi connectivity index (χ0) is 15.0. The van der Waals surface area contributed by atoms with Crippen molar-refractivity contribution < 1.29 is 24.2 Å². The Morgan fingerprint density at radius 2 is 2.10 bits per heavy atom. The summed E-state index contributed by atoms with van der Waals surface area (Å²) in [6.45, 7) is 4.27. The van der Waals surface area contributed by atoms with Crippen LogP contribution in [0.2, 0.25) is 0 Å². The lowest BCUT2D eigenvalue weighted by atomic mass is 10.2. The molecule has 6 heteroatoms. The van der Waals surface area contributed by atoms with E-state index in [0.717, 1.165) is 5.56 Å². The molecule has 2 N–H and O–H groups in total. The minimum atomic E-state index is -1.03. The number of carboxylic acids is 1. The Morgan fingerprint density at radius 1 is 1.35 bits per heavy atom. The Morgan fingerprint density at radius 3 is 2.70 bits per heavy atom. The predicted molar refractivity (Wildman–Crippen MR) is 74.0 cm³/mol. The average molecular weight is 281 g/mol. The second kappa shape index (κ2) is 8.16. The Bertz CT molecular complexity index is 473. The third kappa shape index (κ3) is 5.71. The molecule has 0 fully saturated rings. The zero-order valence-corrected chi connectivity index (χ0v) is 11.6. The fraction of sp³-hybridized carbons (Fsp3) is 0.429. The van der Waals surface area contributed by atoms with Crippen LogP contribution in [0, 0.1) is 6.92 Å². The molecule has 0 saturated carbocycles. The fourth-order valence-corrected chi connectivity index (χ4v) is 1.53. The van der Waals surface area contributed by atoms with Gasteiger partial charge in [-0.1, -0.05) is 0 Å². The number of aryl methyl sites for hydroxylation is 1. The van der Waals surface area contributed by atoms with Gasteiger partial charge in [-0.15, -0.1) is 0 Å². The molecule has 1 amide bonds. The number of rotatable bonds is 8. The quantitative estimate of drug-likeness (QED) is 0.710. The third-order valence-electron chi connectivity index (χ3n) is 2.51. The maximum Gasteiger partial charge on any atom is 0.341 e. The van der Waals surface area contributed by atoms with Crippen LogP contribution in [0.15, 0.2) is 18.2 Å². The molecule has 0 heterocycles. The van der Waals surface area contributed by atoms with Crippen LogP contribution in [0.3, 0.4) is 0 Å². The Balaban J connectivity index is 2.54. The van der Waals surface area contributed by atoms with Crippen LogP contribution < -0.4 is 10.1 Å². The summed E-state index contributed by atoms with van der Waals surface area (Å²) < 4.78 is 10.2. The summed E-state index contributed by atoms with van der Waals surface area (Å²) in [4.78, 5) is 22.0. The van der Waals surface area contributed by atoms with Crippen LogP contribution in [0.5, 0.6) is 5.75 Å². The van der Waals surface area contributed by atoms with Gasteiger partial charge in [-0.05, 0) is 37.6 Å². The predicted octanol–water partition coefficient (Wildman–Crippen LogP) is 1.82. The molecule has 1 rings (SSSR count). The first-order chi connectivity index (χ1) is 9.52. The molecule has 1 aromatic rings. The van der Waals surface area contributed by atoms with E-state index in [1.54, 1.807) is 18.2 Å². The van der Waals surface area contributed by atoms with E-state index in [0.29, 0.717) is 31.1 Å². The van der Waals surface area contributed by atoms with E-state index in [4.69, 9.17) is 14.6 Å². The SMILES string of the molecule is CCOCCC(=O)Nc1ccc(OCC(=O)O)cc1C. The number of carboxylic acid groups (broad SMARTS) is 1. The van der Waals surface area contributed by atoms with Crippen molar-refractivity contribution in [3.8, 4) is 5.75 Å². The lowest BCUT2D eigenvalue weighted by molar-refractivity contribution is -0.139. The van der Waals surface area contributed by atoms with Gasteiger partial charge in [0, 0.05) is 12.3 Å². The molecular formula is C14H19NO5. The van der Waals surface area contributed by atoms with Gasteiger partial charge in [0.25, 0.3) is 0 Å². The van der Waals surface area contributed by atoms with Gasteiger partial charge in [-0.25, -0.2) is 4.79 Å². The topological polar surface area (TPSA) is 84.9 Å². The van der Waals surface area contributed by atoms with Gasteiger partial charge in [0.05, 0.1) is 13.0 Å². The van der Waals surface area contributed by atoms with Gasteiger partial charge in [-0.2, -0.15) is 0 Å². The minimum Gasteiger partial charge on any atom is -0.482 e. The standard InChI is InChI=1S/C14H19NO5/c1-3-19-7-6-13(16)15-12-5-4-11(8-10(12)2)20-9-14(17)18/h4-5,8H,3,6-7,9H2,1-2H3,(H,15,16)(H,17,18). The van der Waals surface area contributed by atoms with E-state index in [9.17, 15) is 9.59 Å². The highest BCUT2D eigenvalue weighted by Gasteiger charge is 2.06. The number of ether oxygens (including phenoxy) is 2. The summed E-state index contributed by atoms with van der Waals surface area (Å²) in [5.41, 5.74) is 1.48. The third-order valence-corrected chi connectivity index (χ3v) is 2.51. The maximum atomic E-state index is 11.6. The highest BCUT2D eigenvalue weighted by Crippen LogP contribution is 2.21. The van der Waals surface area contributed by atoms with Crippen molar-refractivity contribution in [1.82, 2.24) is 0 Å². The number of nitrogens with one attached hydrogen (secondary N) is 1. The van der Waals surface area contributed by atoms with Crippen LogP contribution in [0.25, 0.3) is 0 Å². The Hall–Kier alpha value is -2.08. The van der Waals surface area contributed by atoms with Gasteiger partial charge in [0.1, 0.15) is 5.75 Å². The van der Waals surface area contributed by atoms with Crippen molar-refractivity contribution >= 4 is 17.6 Å². The molecule has 0 aliphatic carbocycles. The molecule has 20 heavy (non-hydrogen) atoms. The summed E-state index contributed by atoms with van der Waals surface area (Å²) in [5.74, 6) is -0.700. The van der Waals surface area contributed by atoms with Crippen LogP contribution in [-0.4, -0.2) is 36.8 Å². The monoisotopic (exact) mass is 281 g/mol. The molecule has 0 aliphatic heterocycles. The second-order valence-corrected chi connectivity index (χ2v) is 4.15. The molecule has 0 unspecified atom stereocenters. The molecule has 0 bridgehead atoms. The van der Waals surface area contributed by atoms with Gasteiger partial charge in [0.2, 0.25) is 5.91 Å².